The number of nitrogens with zero attached hydrogens (tertiary/aromatic N) is 2. The number of nitrogens with two attached hydrogens (primary N) is 1. The van der Waals surface area contributed by atoms with E-state index in [1.54, 1.807) is 23.9 Å². The lowest BCUT2D eigenvalue weighted by Crippen LogP contribution is -2.17. The summed E-state index contributed by atoms with van der Waals surface area (Å²) in [4.78, 5) is 23.6. The van der Waals surface area contributed by atoms with Gasteiger partial charge in [0.2, 0.25) is 0 Å². The van der Waals surface area contributed by atoms with Gasteiger partial charge in [0.1, 0.15) is 23.7 Å². The Morgan fingerprint density at radius 2 is 2.24 bits per heavy atom. The molecule has 0 saturated carbocycles. The highest BCUT2D eigenvalue weighted by molar-refractivity contribution is 6.04. The lowest BCUT2D eigenvalue weighted by molar-refractivity contribution is 0.101. The van der Waals surface area contributed by atoms with E-state index in [1.807, 2.05) is 0 Å². The number of primary amides is 1. The Kier molecular flexibility index (Phi) is 4.15. The summed E-state index contributed by atoms with van der Waals surface area (Å²) in [5, 5.41) is 11.5. The van der Waals surface area contributed by atoms with E-state index in [4.69, 9.17) is 15.7 Å². The summed E-state index contributed by atoms with van der Waals surface area (Å²) < 4.78 is 20.1. The van der Waals surface area contributed by atoms with Crippen LogP contribution in [0.4, 0.5) is 14.9 Å². The Labute approximate surface area is 142 Å². The van der Waals surface area contributed by atoms with E-state index in [0.29, 0.717) is 24.2 Å². The molecule has 1 atom stereocenters. The molecule has 0 bridgehead atoms. The van der Waals surface area contributed by atoms with Crippen LogP contribution in [0.1, 0.15) is 39.7 Å². The van der Waals surface area contributed by atoms with Crippen molar-refractivity contribution in [3.63, 3.8) is 0 Å². The van der Waals surface area contributed by atoms with Crippen LogP contribution in [0.2, 0.25) is 0 Å². The van der Waals surface area contributed by atoms with E-state index < -0.39 is 18.0 Å². The molecule has 25 heavy (non-hydrogen) atoms. The van der Waals surface area contributed by atoms with Crippen molar-refractivity contribution in [2.75, 3.05) is 5.32 Å². The molecular weight excluding hydrogens is 327 g/mol. The zero-order valence-electron chi connectivity index (χ0n) is 13.4. The number of rotatable bonds is 3. The van der Waals surface area contributed by atoms with E-state index >= 15 is 0 Å². The van der Waals surface area contributed by atoms with Crippen LogP contribution in [0.5, 0.6) is 0 Å². The molecule has 1 aliphatic rings. The number of carbonyl (C=O) groups is 2. The molecule has 1 heterocycles. The Morgan fingerprint density at radius 3 is 2.92 bits per heavy atom. The fraction of sp³-hybridized carbons (Fsp3) is 0.235. The number of nitrogens with one attached hydrogen (secondary N) is 1. The van der Waals surface area contributed by atoms with Crippen LogP contribution in [0.15, 0.2) is 24.4 Å². The van der Waals surface area contributed by atoms with Crippen molar-refractivity contribution in [3.8, 4) is 6.07 Å². The van der Waals surface area contributed by atoms with Gasteiger partial charge in [-0.3, -0.25) is 4.79 Å². The summed E-state index contributed by atoms with van der Waals surface area (Å²) in [6.07, 6.45) is 1.54. The largest absolute Gasteiger partial charge is 0.441 e. The van der Waals surface area contributed by atoms with Gasteiger partial charge in [0.25, 0.3) is 5.91 Å². The minimum Gasteiger partial charge on any atom is -0.441 e. The van der Waals surface area contributed by atoms with Crippen LogP contribution >= 0.6 is 0 Å². The molecule has 128 valence electrons. The third-order valence-corrected chi connectivity index (χ3v) is 4.14. The first-order valence-electron chi connectivity index (χ1n) is 7.56. The number of fused-ring (bicyclic) bond motifs is 1. The number of ether oxygens (including phenoxy) is 1. The zero-order valence-corrected chi connectivity index (χ0v) is 13.4. The lowest BCUT2D eigenvalue weighted by atomic mass is 10.1. The third-order valence-electron chi connectivity index (χ3n) is 4.14. The Balaban J connectivity index is 1.87. The molecule has 1 aromatic carbocycles. The van der Waals surface area contributed by atoms with Crippen LogP contribution in [0.3, 0.4) is 0 Å². The van der Waals surface area contributed by atoms with Gasteiger partial charge in [-0.1, -0.05) is 0 Å². The molecule has 1 aliphatic carbocycles. The van der Waals surface area contributed by atoms with E-state index in [1.165, 1.54) is 12.1 Å². The Hall–Kier alpha value is -3.34. The molecule has 3 N–H and O–H groups in total. The zero-order chi connectivity index (χ0) is 18.1. The van der Waals surface area contributed by atoms with Gasteiger partial charge in [0, 0.05) is 24.5 Å². The molecule has 2 amide bonds. The van der Waals surface area contributed by atoms with Crippen molar-refractivity contribution >= 4 is 17.7 Å². The monoisotopic (exact) mass is 342 g/mol. The molecule has 1 aromatic heterocycles. The molecule has 0 saturated heterocycles. The van der Waals surface area contributed by atoms with E-state index in [-0.39, 0.29) is 11.5 Å². The molecule has 2 aromatic rings. The van der Waals surface area contributed by atoms with Crippen LogP contribution < -0.4 is 11.1 Å². The molecule has 0 radical (unpaired) electrons. The maximum absolute atomic E-state index is 13.4. The highest BCUT2D eigenvalue weighted by Gasteiger charge is 2.32. The number of nitriles is 1. The summed E-state index contributed by atoms with van der Waals surface area (Å²) in [6.45, 7) is 0. The smallest absolute Gasteiger partial charge is 0.405 e. The SMILES string of the molecule is Cn1cc2c(c1C(=O)Nc1ccc(F)c(C#N)c1)CCC2OC(N)=O. The first-order chi connectivity index (χ1) is 11.9. The van der Waals surface area contributed by atoms with Gasteiger partial charge in [-0.25, -0.2) is 9.18 Å². The van der Waals surface area contributed by atoms with Gasteiger partial charge in [0.15, 0.2) is 0 Å². The standard InChI is InChI=1S/C17H15FN4O3/c1-22-8-12-11(3-5-14(12)25-17(20)24)15(22)16(23)21-10-2-4-13(18)9(6-10)7-19/h2,4,6,8,14H,3,5H2,1H3,(H2,20,24)(H,21,23). The van der Waals surface area contributed by atoms with Gasteiger partial charge in [-0.05, 0) is 36.6 Å². The maximum Gasteiger partial charge on any atom is 0.405 e. The number of hydrogen-bond acceptors (Lipinski definition) is 4. The van der Waals surface area contributed by atoms with E-state index in [9.17, 15) is 14.0 Å². The van der Waals surface area contributed by atoms with Gasteiger partial charge >= 0.3 is 6.09 Å². The highest BCUT2D eigenvalue weighted by Crippen LogP contribution is 2.37. The first kappa shape index (κ1) is 16.5. The van der Waals surface area contributed by atoms with Crippen LogP contribution in [-0.2, 0) is 18.2 Å². The summed E-state index contributed by atoms with van der Waals surface area (Å²) >= 11 is 0. The molecular formula is C17H15FN4O3. The number of benzene rings is 1. The normalized spacial score (nSPS) is 15.3. The number of amides is 2. The van der Waals surface area contributed by atoms with Crippen LogP contribution in [-0.4, -0.2) is 16.6 Å². The van der Waals surface area contributed by atoms with Gasteiger partial charge in [-0.15, -0.1) is 0 Å². The summed E-state index contributed by atoms with van der Waals surface area (Å²) in [7, 11) is 1.71. The minimum absolute atomic E-state index is 0.148. The van der Waals surface area contributed by atoms with Crippen molar-refractivity contribution < 1.29 is 18.7 Å². The molecule has 0 aliphatic heterocycles. The molecule has 0 spiro atoms. The number of aryl methyl sites for hydroxylation is 1. The topological polar surface area (TPSA) is 110 Å². The second-order valence-electron chi connectivity index (χ2n) is 5.75. The van der Waals surface area contributed by atoms with Crippen molar-refractivity contribution in [2.24, 2.45) is 12.8 Å². The highest BCUT2D eigenvalue weighted by atomic mass is 19.1. The summed E-state index contributed by atoms with van der Waals surface area (Å²) in [5.41, 5.74) is 7.21. The van der Waals surface area contributed by atoms with Gasteiger partial charge in [-0.2, -0.15) is 5.26 Å². The number of carbonyl (C=O) groups excluding carboxylic acids is 2. The second kappa shape index (κ2) is 6.28. The minimum atomic E-state index is -0.858. The number of halogens is 1. The summed E-state index contributed by atoms with van der Waals surface area (Å²) in [5.74, 6) is -1.04. The lowest BCUT2D eigenvalue weighted by Gasteiger charge is -2.09. The molecule has 3 rings (SSSR count). The second-order valence-corrected chi connectivity index (χ2v) is 5.75. The fourth-order valence-electron chi connectivity index (χ4n) is 3.11. The van der Waals surface area contributed by atoms with Gasteiger partial charge < -0.3 is 20.4 Å². The van der Waals surface area contributed by atoms with E-state index in [2.05, 4.69) is 5.32 Å². The average molecular weight is 342 g/mol. The van der Waals surface area contributed by atoms with Crippen molar-refractivity contribution in [3.05, 3.63) is 52.6 Å². The first-order valence-corrected chi connectivity index (χ1v) is 7.56. The molecule has 8 heteroatoms. The number of hydrogen-bond donors (Lipinski definition) is 2. The molecule has 1 unspecified atom stereocenters. The maximum atomic E-state index is 13.4. The molecule has 0 fully saturated rings. The van der Waals surface area contributed by atoms with Crippen LogP contribution in [0, 0.1) is 17.1 Å². The van der Waals surface area contributed by atoms with E-state index in [0.717, 1.165) is 17.2 Å². The fourth-order valence-corrected chi connectivity index (χ4v) is 3.11. The Morgan fingerprint density at radius 1 is 1.48 bits per heavy atom. The Bertz CT molecular complexity index is 913. The number of aromatic nitrogens is 1. The number of anilines is 1. The molecule has 7 nitrogen and oxygen atoms in total. The van der Waals surface area contributed by atoms with Crippen molar-refractivity contribution in [1.29, 1.82) is 5.26 Å². The third kappa shape index (κ3) is 3.04. The van der Waals surface area contributed by atoms with Crippen LogP contribution in [0.25, 0.3) is 0 Å². The predicted octanol–water partition coefficient (Wildman–Crippen LogP) is 2.37. The predicted molar refractivity (Wildman–Crippen MR) is 86.2 cm³/mol. The average Bonchev–Trinajstić information content (AvgIpc) is 3.07. The van der Waals surface area contributed by atoms with Crippen molar-refractivity contribution in [2.45, 2.75) is 18.9 Å². The summed E-state index contributed by atoms with van der Waals surface area (Å²) in [6, 6.07) is 5.51. The van der Waals surface area contributed by atoms with Crippen molar-refractivity contribution in [1.82, 2.24) is 4.57 Å². The van der Waals surface area contributed by atoms with Gasteiger partial charge in [0.05, 0.1) is 5.56 Å². The quantitative estimate of drug-likeness (QED) is 0.892.